The van der Waals surface area contributed by atoms with Crippen LogP contribution in [-0.2, 0) is 34.7 Å². The highest BCUT2D eigenvalue weighted by atomic mass is 19.4. The molecular weight excluding hydrogens is 441 g/mol. The normalized spacial score (nSPS) is 31.0. The van der Waals surface area contributed by atoms with Gasteiger partial charge in [-0.25, -0.2) is 4.79 Å². The third-order valence-electron chi connectivity index (χ3n) is 4.86. The van der Waals surface area contributed by atoms with Crippen molar-refractivity contribution >= 4 is 18.0 Å². The standard InChI is InChI=1S/C20H21F3O9/c21-20(22,23)11-4-1-10(2-5-11)3-6-14(24)30-9-13-16(26)17(27)18(28)19(32-13)31-12-7-15(25)29-8-12/h1-6,12-13,16-19,26-28H,7-9H2/b6-3+/t12-,13-,16-,17+,18-,19-/m1/s1. The van der Waals surface area contributed by atoms with Gasteiger partial charge in [0, 0.05) is 6.08 Å². The first kappa shape index (κ1) is 24.1. The lowest BCUT2D eigenvalue weighted by atomic mass is 9.99. The van der Waals surface area contributed by atoms with E-state index in [0.29, 0.717) is 5.56 Å². The molecule has 0 aromatic heterocycles. The number of ether oxygens (including phenoxy) is 4. The van der Waals surface area contributed by atoms with Gasteiger partial charge in [-0.05, 0) is 23.8 Å². The average molecular weight is 462 g/mol. The number of hydrogen-bond donors (Lipinski definition) is 3. The van der Waals surface area contributed by atoms with Crippen LogP contribution in [0.1, 0.15) is 17.5 Å². The zero-order valence-corrected chi connectivity index (χ0v) is 16.5. The first-order valence-electron chi connectivity index (χ1n) is 9.57. The molecule has 2 aliphatic rings. The van der Waals surface area contributed by atoms with E-state index in [2.05, 4.69) is 0 Å². The first-order valence-corrected chi connectivity index (χ1v) is 9.57. The van der Waals surface area contributed by atoms with Gasteiger partial charge in [-0.2, -0.15) is 13.2 Å². The smallest absolute Gasteiger partial charge is 0.416 e. The van der Waals surface area contributed by atoms with Crippen LogP contribution in [0.2, 0.25) is 0 Å². The van der Waals surface area contributed by atoms with E-state index in [-0.39, 0.29) is 13.0 Å². The number of rotatable bonds is 6. The van der Waals surface area contributed by atoms with Gasteiger partial charge in [0.2, 0.25) is 0 Å². The zero-order chi connectivity index (χ0) is 23.5. The lowest BCUT2D eigenvalue weighted by Crippen LogP contribution is -2.60. The van der Waals surface area contributed by atoms with Gasteiger partial charge < -0.3 is 34.3 Å². The third kappa shape index (κ3) is 6.04. The summed E-state index contributed by atoms with van der Waals surface area (Å²) in [5.74, 6) is -1.38. The van der Waals surface area contributed by atoms with Crippen molar-refractivity contribution in [3.8, 4) is 0 Å². The lowest BCUT2D eigenvalue weighted by molar-refractivity contribution is -0.311. The fraction of sp³-hybridized carbons (Fsp3) is 0.500. The van der Waals surface area contributed by atoms with Crippen molar-refractivity contribution in [1.29, 1.82) is 0 Å². The second kappa shape index (κ2) is 9.96. The Morgan fingerprint density at radius 1 is 1.12 bits per heavy atom. The van der Waals surface area contributed by atoms with Crippen LogP contribution in [0.5, 0.6) is 0 Å². The van der Waals surface area contributed by atoms with Crippen molar-refractivity contribution in [3.63, 3.8) is 0 Å². The number of cyclic esters (lactones) is 1. The molecule has 3 rings (SSSR count). The van der Waals surface area contributed by atoms with E-state index in [0.717, 1.165) is 18.2 Å². The number of aliphatic hydroxyl groups is 3. The molecule has 0 bridgehead atoms. The third-order valence-corrected chi connectivity index (χ3v) is 4.86. The van der Waals surface area contributed by atoms with Gasteiger partial charge in [-0.3, -0.25) is 4.79 Å². The predicted molar refractivity (Wildman–Crippen MR) is 98.6 cm³/mol. The number of aliphatic hydroxyl groups excluding tert-OH is 3. The molecule has 0 saturated carbocycles. The Balaban J connectivity index is 1.53. The Kier molecular flexibility index (Phi) is 7.51. The van der Waals surface area contributed by atoms with Crippen LogP contribution in [0.4, 0.5) is 13.2 Å². The Hall–Kier alpha value is -2.51. The summed E-state index contributed by atoms with van der Waals surface area (Å²) in [6.45, 7) is -0.570. The monoisotopic (exact) mass is 462 g/mol. The minimum absolute atomic E-state index is 0.0571. The van der Waals surface area contributed by atoms with Crippen LogP contribution in [0, 0.1) is 0 Å². The molecule has 1 aromatic carbocycles. The van der Waals surface area contributed by atoms with Crippen molar-refractivity contribution in [2.45, 2.75) is 49.4 Å². The molecule has 6 atom stereocenters. The van der Waals surface area contributed by atoms with E-state index in [1.165, 1.54) is 18.2 Å². The highest BCUT2D eigenvalue weighted by Gasteiger charge is 2.46. The molecule has 176 valence electrons. The van der Waals surface area contributed by atoms with E-state index >= 15 is 0 Å². The minimum atomic E-state index is -4.47. The van der Waals surface area contributed by atoms with Crippen LogP contribution in [0.15, 0.2) is 30.3 Å². The fourth-order valence-electron chi connectivity index (χ4n) is 3.09. The van der Waals surface area contributed by atoms with Gasteiger partial charge in [-0.1, -0.05) is 12.1 Å². The van der Waals surface area contributed by atoms with Gasteiger partial charge in [0.25, 0.3) is 0 Å². The van der Waals surface area contributed by atoms with E-state index in [4.69, 9.17) is 18.9 Å². The molecule has 1 aromatic rings. The fourth-order valence-corrected chi connectivity index (χ4v) is 3.09. The summed E-state index contributed by atoms with van der Waals surface area (Å²) >= 11 is 0. The quantitative estimate of drug-likeness (QED) is 0.406. The van der Waals surface area contributed by atoms with Crippen LogP contribution >= 0.6 is 0 Å². The summed E-state index contributed by atoms with van der Waals surface area (Å²) in [4.78, 5) is 23.1. The Morgan fingerprint density at radius 2 is 1.81 bits per heavy atom. The van der Waals surface area contributed by atoms with Gasteiger partial charge in [0.1, 0.15) is 43.7 Å². The molecule has 32 heavy (non-hydrogen) atoms. The molecule has 2 fully saturated rings. The SMILES string of the molecule is O=C(/C=C/c1ccc(C(F)(F)F)cc1)OC[C@H]1O[C@@H](O[C@H]2COC(=O)C2)[C@H](O)[C@@H](O)[C@@H]1O. The number of carbonyl (C=O) groups is 2. The summed E-state index contributed by atoms with van der Waals surface area (Å²) in [6.07, 6.45) is -10.6. The summed E-state index contributed by atoms with van der Waals surface area (Å²) in [5, 5.41) is 30.1. The van der Waals surface area contributed by atoms with E-state index < -0.39 is 67.1 Å². The van der Waals surface area contributed by atoms with E-state index in [1.54, 1.807) is 0 Å². The second-order valence-corrected chi connectivity index (χ2v) is 7.24. The molecular formula is C20H21F3O9. The van der Waals surface area contributed by atoms with E-state index in [9.17, 15) is 38.1 Å². The van der Waals surface area contributed by atoms with Crippen molar-refractivity contribution in [2.75, 3.05) is 13.2 Å². The summed E-state index contributed by atoms with van der Waals surface area (Å²) in [7, 11) is 0. The maximum absolute atomic E-state index is 12.6. The molecule has 0 aliphatic carbocycles. The van der Waals surface area contributed by atoms with Gasteiger partial charge in [-0.15, -0.1) is 0 Å². The Morgan fingerprint density at radius 3 is 2.41 bits per heavy atom. The number of hydrogen-bond acceptors (Lipinski definition) is 9. The van der Waals surface area contributed by atoms with Crippen LogP contribution in [-0.4, -0.2) is 77.3 Å². The highest BCUT2D eigenvalue weighted by Crippen LogP contribution is 2.29. The molecule has 2 saturated heterocycles. The Bertz CT molecular complexity index is 840. The highest BCUT2D eigenvalue weighted by molar-refractivity contribution is 5.87. The number of benzene rings is 1. The number of esters is 2. The largest absolute Gasteiger partial charge is 0.463 e. The lowest BCUT2D eigenvalue weighted by Gasteiger charge is -2.40. The molecule has 12 heteroatoms. The van der Waals surface area contributed by atoms with Gasteiger partial charge in [0.05, 0.1) is 12.0 Å². The van der Waals surface area contributed by atoms with Crippen molar-refractivity contribution < 1.29 is 57.0 Å². The minimum Gasteiger partial charge on any atom is -0.463 e. The van der Waals surface area contributed by atoms with Crippen LogP contribution in [0.25, 0.3) is 6.08 Å². The van der Waals surface area contributed by atoms with Crippen LogP contribution < -0.4 is 0 Å². The van der Waals surface area contributed by atoms with Crippen molar-refractivity contribution in [2.24, 2.45) is 0 Å². The van der Waals surface area contributed by atoms with E-state index in [1.807, 2.05) is 0 Å². The Labute approximate surface area is 179 Å². The molecule has 2 heterocycles. The predicted octanol–water partition coefficient (Wildman–Crippen LogP) is 0.401. The number of carbonyl (C=O) groups excluding carboxylic acids is 2. The molecule has 2 aliphatic heterocycles. The molecule has 0 amide bonds. The van der Waals surface area contributed by atoms with Gasteiger partial charge >= 0.3 is 18.1 Å². The zero-order valence-electron chi connectivity index (χ0n) is 16.5. The van der Waals surface area contributed by atoms with Crippen LogP contribution in [0.3, 0.4) is 0 Å². The maximum Gasteiger partial charge on any atom is 0.416 e. The molecule has 9 nitrogen and oxygen atoms in total. The summed E-state index contributed by atoms with van der Waals surface area (Å²) in [6, 6.07) is 4.09. The molecule has 0 spiro atoms. The van der Waals surface area contributed by atoms with Crippen molar-refractivity contribution in [1.82, 2.24) is 0 Å². The number of halogens is 3. The first-order chi connectivity index (χ1) is 15.0. The molecule has 0 unspecified atom stereocenters. The number of alkyl halides is 3. The second-order valence-electron chi connectivity index (χ2n) is 7.24. The van der Waals surface area contributed by atoms with Crippen molar-refractivity contribution in [3.05, 3.63) is 41.5 Å². The summed E-state index contributed by atoms with van der Waals surface area (Å²) in [5.41, 5.74) is -0.504. The molecule has 0 radical (unpaired) electrons. The maximum atomic E-state index is 12.6. The van der Waals surface area contributed by atoms with Gasteiger partial charge in [0.15, 0.2) is 6.29 Å². The average Bonchev–Trinajstić information content (AvgIpc) is 3.16. The summed E-state index contributed by atoms with van der Waals surface area (Å²) < 4.78 is 58.2. The topological polar surface area (TPSA) is 132 Å². The molecule has 3 N–H and O–H groups in total.